The first kappa shape index (κ1) is 14.3. The molecule has 2 unspecified atom stereocenters. The predicted molar refractivity (Wildman–Crippen MR) is 76.4 cm³/mol. The van der Waals surface area contributed by atoms with E-state index in [1.54, 1.807) is 12.1 Å². The summed E-state index contributed by atoms with van der Waals surface area (Å²) in [5.41, 5.74) is 6.99. The van der Waals surface area contributed by atoms with Gasteiger partial charge in [-0.25, -0.2) is 13.6 Å². The van der Waals surface area contributed by atoms with Crippen LogP contribution < -0.4 is 15.8 Å². The zero-order valence-corrected chi connectivity index (χ0v) is 11.9. The monoisotopic (exact) mass is 283 g/mol. The molecular weight excluding hydrogens is 262 g/mol. The van der Waals surface area contributed by atoms with Crippen molar-refractivity contribution in [3.63, 3.8) is 0 Å². The van der Waals surface area contributed by atoms with Crippen molar-refractivity contribution in [1.82, 2.24) is 0 Å². The van der Waals surface area contributed by atoms with Crippen LogP contribution in [0.2, 0.25) is 0 Å². The van der Waals surface area contributed by atoms with Crippen molar-refractivity contribution < 1.29 is 8.42 Å². The van der Waals surface area contributed by atoms with Crippen LogP contribution in [0, 0.1) is 5.92 Å². The molecule has 6 heteroatoms. The Hall–Kier alpha value is -1.11. The lowest BCUT2D eigenvalue weighted by Crippen LogP contribution is -2.42. The van der Waals surface area contributed by atoms with Gasteiger partial charge in [-0.2, -0.15) is 0 Å². The van der Waals surface area contributed by atoms with Crippen LogP contribution in [0.25, 0.3) is 0 Å². The van der Waals surface area contributed by atoms with Gasteiger partial charge in [0.05, 0.1) is 4.90 Å². The molecule has 0 amide bonds. The molecule has 1 aromatic rings. The SMILES string of the molecule is CC(N)C1CCCN(c2ccc(S(N)(=O)=O)cc2)C1. The normalized spacial score (nSPS) is 22.3. The quantitative estimate of drug-likeness (QED) is 0.862. The smallest absolute Gasteiger partial charge is 0.238 e. The number of benzene rings is 1. The average molecular weight is 283 g/mol. The number of hydrogen-bond acceptors (Lipinski definition) is 4. The molecule has 1 fully saturated rings. The third kappa shape index (κ3) is 3.46. The summed E-state index contributed by atoms with van der Waals surface area (Å²) in [5.74, 6) is 0.492. The first-order chi connectivity index (χ1) is 8.88. The Labute approximate surface area is 114 Å². The first-order valence-electron chi connectivity index (χ1n) is 6.51. The summed E-state index contributed by atoms with van der Waals surface area (Å²) in [5, 5.41) is 5.09. The molecule has 106 valence electrons. The van der Waals surface area contributed by atoms with Crippen molar-refractivity contribution >= 4 is 15.7 Å². The lowest BCUT2D eigenvalue weighted by atomic mass is 9.92. The molecule has 1 aromatic carbocycles. The zero-order chi connectivity index (χ0) is 14.0. The van der Waals surface area contributed by atoms with Gasteiger partial charge < -0.3 is 10.6 Å². The second kappa shape index (κ2) is 5.48. The van der Waals surface area contributed by atoms with Crippen LogP contribution in [0.3, 0.4) is 0 Å². The lowest BCUT2D eigenvalue weighted by Gasteiger charge is -2.36. The molecule has 2 rings (SSSR count). The summed E-state index contributed by atoms with van der Waals surface area (Å²) in [6, 6.07) is 6.92. The maximum Gasteiger partial charge on any atom is 0.238 e. The lowest BCUT2D eigenvalue weighted by molar-refractivity contribution is 0.364. The highest BCUT2D eigenvalue weighted by molar-refractivity contribution is 7.89. The van der Waals surface area contributed by atoms with Crippen LogP contribution in [0.15, 0.2) is 29.2 Å². The molecule has 0 bridgehead atoms. The standard InChI is InChI=1S/C13H21N3O2S/c1-10(14)11-3-2-8-16(9-11)12-4-6-13(7-5-12)19(15,17)18/h4-7,10-11H,2-3,8-9,14H2,1H3,(H2,15,17,18). The molecule has 1 aliphatic rings. The fourth-order valence-electron chi connectivity index (χ4n) is 2.52. The van der Waals surface area contributed by atoms with Crippen molar-refractivity contribution in [1.29, 1.82) is 0 Å². The minimum Gasteiger partial charge on any atom is -0.371 e. The molecule has 5 nitrogen and oxygen atoms in total. The molecule has 1 aliphatic heterocycles. The summed E-state index contributed by atoms with van der Waals surface area (Å²) >= 11 is 0. The van der Waals surface area contributed by atoms with Gasteiger partial charge in [0.15, 0.2) is 0 Å². The van der Waals surface area contributed by atoms with Gasteiger partial charge in [0, 0.05) is 24.8 Å². The van der Waals surface area contributed by atoms with Gasteiger partial charge in [-0.3, -0.25) is 0 Å². The Morgan fingerprint density at radius 3 is 2.47 bits per heavy atom. The highest BCUT2D eigenvalue weighted by atomic mass is 32.2. The number of anilines is 1. The second-order valence-electron chi connectivity index (χ2n) is 5.25. The molecule has 4 N–H and O–H groups in total. The number of sulfonamides is 1. The van der Waals surface area contributed by atoms with Crippen molar-refractivity contribution in [2.24, 2.45) is 16.8 Å². The Balaban J connectivity index is 2.14. The first-order valence-corrected chi connectivity index (χ1v) is 8.06. The van der Waals surface area contributed by atoms with E-state index in [2.05, 4.69) is 4.90 Å². The molecule has 1 heterocycles. The Morgan fingerprint density at radius 1 is 1.32 bits per heavy atom. The second-order valence-corrected chi connectivity index (χ2v) is 6.81. The average Bonchev–Trinajstić information content (AvgIpc) is 2.38. The van der Waals surface area contributed by atoms with Crippen molar-refractivity contribution in [3.05, 3.63) is 24.3 Å². The maximum absolute atomic E-state index is 11.2. The largest absolute Gasteiger partial charge is 0.371 e. The zero-order valence-electron chi connectivity index (χ0n) is 11.1. The van der Waals surface area contributed by atoms with Gasteiger partial charge in [-0.05, 0) is 49.9 Å². The van der Waals surface area contributed by atoms with E-state index < -0.39 is 10.0 Å². The van der Waals surface area contributed by atoms with Gasteiger partial charge >= 0.3 is 0 Å². The van der Waals surface area contributed by atoms with Crippen LogP contribution in [0.4, 0.5) is 5.69 Å². The summed E-state index contributed by atoms with van der Waals surface area (Å²) in [7, 11) is -3.61. The molecule has 19 heavy (non-hydrogen) atoms. The molecule has 0 spiro atoms. The highest BCUT2D eigenvalue weighted by Crippen LogP contribution is 2.25. The van der Waals surface area contributed by atoms with E-state index in [1.807, 2.05) is 19.1 Å². The fourth-order valence-corrected chi connectivity index (χ4v) is 3.04. The number of hydrogen-bond donors (Lipinski definition) is 2. The van der Waals surface area contributed by atoms with Crippen LogP contribution in [0.5, 0.6) is 0 Å². The Morgan fingerprint density at radius 2 is 1.95 bits per heavy atom. The number of nitrogens with two attached hydrogens (primary N) is 2. The van der Waals surface area contributed by atoms with Gasteiger partial charge in [0.2, 0.25) is 10.0 Å². The van der Waals surface area contributed by atoms with E-state index >= 15 is 0 Å². The van der Waals surface area contributed by atoms with Crippen LogP contribution in [-0.4, -0.2) is 27.5 Å². The van der Waals surface area contributed by atoms with E-state index in [0.29, 0.717) is 5.92 Å². The molecular formula is C13H21N3O2S. The third-order valence-corrected chi connectivity index (χ3v) is 4.66. The van der Waals surface area contributed by atoms with E-state index in [-0.39, 0.29) is 10.9 Å². The van der Waals surface area contributed by atoms with Crippen LogP contribution >= 0.6 is 0 Å². The predicted octanol–water partition coefficient (Wildman–Crippen LogP) is 0.898. The van der Waals surface area contributed by atoms with E-state index in [0.717, 1.165) is 31.6 Å². The maximum atomic E-state index is 11.2. The summed E-state index contributed by atoms with van der Waals surface area (Å²) < 4.78 is 22.4. The molecule has 1 saturated heterocycles. The van der Waals surface area contributed by atoms with E-state index in [4.69, 9.17) is 10.9 Å². The number of primary sulfonamides is 1. The van der Waals surface area contributed by atoms with Gasteiger partial charge in [0.25, 0.3) is 0 Å². The number of rotatable bonds is 3. The summed E-state index contributed by atoms with van der Waals surface area (Å²) in [6.07, 6.45) is 2.27. The minimum atomic E-state index is -3.61. The van der Waals surface area contributed by atoms with Crippen LogP contribution in [0.1, 0.15) is 19.8 Å². The van der Waals surface area contributed by atoms with Gasteiger partial charge in [-0.15, -0.1) is 0 Å². The number of piperidine rings is 1. The summed E-state index contributed by atoms with van der Waals surface area (Å²) in [6.45, 7) is 3.95. The molecule has 2 atom stereocenters. The molecule has 0 aliphatic carbocycles. The fraction of sp³-hybridized carbons (Fsp3) is 0.538. The van der Waals surface area contributed by atoms with E-state index in [9.17, 15) is 8.42 Å². The van der Waals surface area contributed by atoms with Crippen LogP contribution in [-0.2, 0) is 10.0 Å². The minimum absolute atomic E-state index is 0.150. The van der Waals surface area contributed by atoms with E-state index in [1.165, 1.54) is 0 Å². The molecule has 0 aromatic heterocycles. The topological polar surface area (TPSA) is 89.4 Å². The summed E-state index contributed by atoms with van der Waals surface area (Å²) in [4.78, 5) is 2.40. The van der Waals surface area contributed by atoms with Gasteiger partial charge in [-0.1, -0.05) is 0 Å². The highest BCUT2D eigenvalue weighted by Gasteiger charge is 2.23. The Kier molecular flexibility index (Phi) is 4.13. The van der Waals surface area contributed by atoms with Crippen molar-refractivity contribution in [2.75, 3.05) is 18.0 Å². The third-order valence-electron chi connectivity index (χ3n) is 3.73. The number of nitrogens with zero attached hydrogens (tertiary/aromatic N) is 1. The van der Waals surface area contributed by atoms with Crippen molar-refractivity contribution in [2.45, 2.75) is 30.7 Å². The molecule has 0 saturated carbocycles. The Bertz CT molecular complexity index is 525. The van der Waals surface area contributed by atoms with Crippen molar-refractivity contribution in [3.8, 4) is 0 Å². The van der Waals surface area contributed by atoms with Gasteiger partial charge in [0.1, 0.15) is 0 Å². The molecule has 0 radical (unpaired) electrons.